The number of thioether (sulfide) groups is 1. The summed E-state index contributed by atoms with van der Waals surface area (Å²) in [5.41, 5.74) is 0.639. The van der Waals surface area contributed by atoms with Crippen LogP contribution >= 0.6 is 11.8 Å². The van der Waals surface area contributed by atoms with Gasteiger partial charge in [0.25, 0.3) is 0 Å². The third-order valence-electron chi connectivity index (χ3n) is 1.59. The van der Waals surface area contributed by atoms with Crippen LogP contribution in [0.15, 0.2) is 6.07 Å². The largest absolute Gasteiger partial charge is 0.481 e. The van der Waals surface area contributed by atoms with Gasteiger partial charge in [0.15, 0.2) is 0 Å². The van der Waals surface area contributed by atoms with Crippen molar-refractivity contribution in [3.63, 3.8) is 0 Å². The Hall–Kier alpha value is -1.57. The minimum absolute atomic E-state index is 0.0485. The smallest absolute Gasteiger partial charge is 0.390 e. The first-order chi connectivity index (χ1) is 7.00. The fourth-order valence-electron chi connectivity index (χ4n) is 0.932. The fraction of sp³-hybridized carbons (Fsp3) is 0.429. The second-order valence-electron chi connectivity index (χ2n) is 2.77. The minimum Gasteiger partial charge on any atom is -0.481 e. The van der Waals surface area contributed by atoms with Crippen LogP contribution in [0.3, 0.4) is 0 Å². The third-order valence-corrected chi connectivity index (χ3v) is 2.47. The Labute approximate surface area is 89.2 Å². The maximum Gasteiger partial charge on any atom is 0.390 e. The zero-order valence-electron chi connectivity index (χ0n) is 7.91. The number of carboxylic acids is 1. The van der Waals surface area contributed by atoms with Crippen LogP contribution < -0.4 is 0 Å². The number of carbonyl (C=O) groups is 1. The fourth-order valence-corrected chi connectivity index (χ4v) is 1.63. The molecule has 0 fully saturated rings. The molecule has 0 atom stereocenters. The van der Waals surface area contributed by atoms with Crippen LogP contribution in [0.25, 0.3) is 0 Å². The lowest BCUT2D eigenvalue weighted by Crippen LogP contribution is -2.04. The SMILES string of the molecule is Cc1cc([N+](=O)[O-])nn1CSCC(=O)O. The molecule has 0 saturated heterocycles. The van der Waals surface area contributed by atoms with Gasteiger partial charge in [-0.05, 0) is 11.8 Å². The molecule has 0 aromatic carbocycles. The van der Waals surface area contributed by atoms with Gasteiger partial charge in [0.05, 0.1) is 22.6 Å². The lowest BCUT2D eigenvalue weighted by atomic mass is 10.5. The van der Waals surface area contributed by atoms with E-state index in [1.54, 1.807) is 6.92 Å². The predicted molar refractivity (Wildman–Crippen MR) is 53.7 cm³/mol. The van der Waals surface area contributed by atoms with Crippen LogP contribution in [-0.4, -0.2) is 31.5 Å². The highest BCUT2D eigenvalue weighted by atomic mass is 32.2. The van der Waals surface area contributed by atoms with Crippen LogP contribution in [0.5, 0.6) is 0 Å². The van der Waals surface area contributed by atoms with Crippen molar-refractivity contribution in [3.8, 4) is 0 Å². The highest BCUT2D eigenvalue weighted by Crippen LogP contribution is 2.13. The monoisotopic (exact) mass is 231 g/mol. The molecule has 1 heterocycles. The standard InChI is InChI=1S/C7H9N3O4S/c1-5-2-6(10(13)14)8-9(5)4-15-3-7(11)12/h2H,3-4H2,1H3,(H,11,12). The zero-order chi connectivity index (χ0) is 11.4. The van der Waals surface area contributed by atoms with E-state index >= 15 is 0 Å². The summed E-state index contributed by atoms with van der Waals surface area (Å²) in [7, 11) is 0. The van der Waals surface area contributed by atoms with Gasteiger partial charge in [-0.1, -0.05) is 0 Å². The van der Waals surface area contributed by atoms with Gasteiger partial charge in [0.1, 0.15) is 5.88 Å². The molecule has 0 saturated carbocycles. The third kappa shape index (κ3) is 3.24. The highest BCUT2D eigenvalue weighted by molar-refractivity contribution is 7.98. The van der Waals surface area contributed by atoms with E-state index in [0.717, 1.165) is 11.8 Å². The average molecular weight is 231 g/mol. The van der Waals surface area contributed by atoms with E-state index in [4.69, 9.17) is 5.11 Å². The first-order valence-corrected chi connectivity index (χ1v) is 5.14. The van der Waals surface area contributed by atoms with Crippen molar-refractivity contribution < 1.29 is 14.8 Å². The molecule has 0 aliphatic heterocycles. The molecule has 0 aliphatic rings. The van der Waals surface area contributed by atoms with Gasteiger partial charge in [-0.15, -0.1) is 11.8 Å². The lowest BCUT2D eigenvalue weighted by Gasteiger charge is -1.96. The second kappa shape index (κ2) is 4.78. The molecule has 7 nitrogen and oxygen atoms in total. The molecule has 0 amide bonds. The van der Waals surface area contributed by atoms with E-state index in [0.29, 0.717) is 11.6 Å². The summed E-state index contributed by atoms with van der Waals surface area (Å²) in [6, 6.07) is 1.35. The van der Waals surface area contributed by atoms with Gasteiger partial charge in [-0.25, -0.2) is 0 Å². The van der Waals surface area contributed by atoms with Crippen molar-refractivity contribution >= 4 is 23.5 Å². The first-order valence-electron chi connectivity index (χ1n) is 3.99. The molecule has 0 bridgehead atoms. The number of carboxylic acid groups (broad SMARTS) is 1. The molecule has 1 rings (SSSR count). The van der Waals surface area contributed by atoms with Gasteiger partial charge in [-0.3, -0.25) is 4.79 Å². The van der Waals surface area contributed by atoms with Crippen molar-refractivity contribution in [2.45, 2.75) is 12.8 Å². The molecule has 0 aliphatic carbocycles. The van der Waals surface area contributed by atoms with E-state index in [-0.39, 0.29) is 11.6 Å². The van der Waals surface area contributed by atoms with Crippen molar-refractivity contribution in [1.29, 1.82) is 0 Å². The van der Waals surface area contributed by atoms with Crippen LogP contribution in [0.4, 0.5) is 5.82 Å². The lowest BCUT2D eigenvalue weighted by molar-refractivity contribution is -0.389. The Morgan fingerprint density at radius 3 is 2.93 bits per heavy atom. The second-order valence-corrected chi connectivity index (χ2v) is 3.73. The number of nitrogens with zero attached hydrogens (tertiary/aromatic N) is 3. The number of hydrogen-bond donors (Lipinski definition) is 1. The molecule has 82 valence electrons. The summed E-state index contributed by atoms with van der Waals surface area (Å²) in [5.74, 6) is -0.887. The van der Waals surface area contributed by atoms with Gasteiger partial charge in [-0.2, -0.15) is 4.68 Å². The summed E-state index contributed by atoms with van der Waals surface area (Å²) in [6.07, 6.45) is 0. The van der Waals surface area contributed by atoms with E-state index in [1.165, 1.54) is 10.7 Å². The van der Waals surface area contributed by atoms with Gasteiger partial charge in [0.2, 0.25) is 0 Å². The zero-order valence-corrected chi connectivity index (χ0v) is 8.73. The van der Waals surface area contributed by atoms with E-state index in [1.807, 2.05) is 0 Å². The molecule has 1 aromatic rings. The number of aryl methyl sites for hydroxylation is 1. The summed E-state index contributed by atoms with van der Waals surface area (Å²) in [4.78, 5) is 20.0. The molecular formula is C7H9N3O4S. The summed E-state index contributed by atoms with van der Waals surface area (Å²) >= 11 is 1.13. The number of rotatable bonds is 5. The Balaban J connectivity index is 2.61. The summed E-state index contributed by atoms with van der Waals surface area (Å²) in [6.45, 7) is 1.68. The maximum atomic E-state index is 10.4. The quantitative estimate of drug-likeness (QED) is 0.596. The molecule has 0 radical (unpaired) electrons. The van der Waals surface area contributed by atoms with Crippen LogP contribution in [0, 0.1) is 17.0 Å². The average Bonchev–Trinajstić information content (AvgIpc) is 2.47. The summed E-state index contributed by atoms with van der Waals surface area (Å²) in [5, 5.41) is 22.5. The Morgan fingerprint density at radius 2 is 2.47 bits per heavy atom. The number of nitro groups is 1. The molecule has 1 aromatic heterocycles. The van der Waals surface area contributed by atoms with E-state index in [2.05, 4.69) is 5.10 Å². The maximum absolute atomic E-state index is 10.4. The molecule has 8 heteroatoms. The predicted octanol–water partition coefficient (Wildman–Crippen LogP) is 0.875. The minimum atomic E-state index is -0.917. The van der Waals surface area contributed by atoms with Crippen molar-refractivity contribution in [2.75, 3.05) is 5.75 Å². The van der Waals surface area contributed by atoms with Gasteiger partial charge in [0, 0.05) is 0 Å². The van der Waals surface area contributed by atoms with Crippen LogP contribution in [0.2, 0.25) is 0 Å². The van der Waals surface area contributed by atoms with Crippen molar-refractivity contribution in [2.24, 2.45) is 0 Å². The molecular weight excluding hydrogens is 222 g/mol. The summed E-state index contributed by atoms with van der Waals surface area (Å²) < 4.78 is 1.41. The van der Waals surface area contributed by atoms with Crippen LogP contribution in [-0.2, 0) is 10.7 Å². The number of aliphatic carboxylic acids is 1. The van der Waals surface area contributed by atoms with Gasteiger partial charge < -0.3 is 15.2 Å². The number of aromatic nitrogens is 2. The number of hydrogen-bond acceptors (Lipinski definition) is 5. The molecule has 0 unspecified atom stereocenters. The normalized spacial score (nSPS) is 10.2. The van der Waals surface area contributed by atoms with E-state index in [9.17, 15) is 14.9 Å². The Kier molecular flexibility index (Phi) is 3.67. The Bertz CT molecular complexity index is 390. The van der Waals surface area contributed by atoms with Gasteiger partial charge >= 0.3 is 11.8 Å². The van der Waals surface area contributed by atoms with E-state index < -0.39 is 10.9 Å². The van der Waals surface area contributed by atoms with Crippen LogP contribution in [0.1, 0.15) is 5.69 Å². The topological polar surface area (TPSA) is 98.3 Å². The van der Waals surface area contributed by atoms with Crippen molar-refractivity contribution in [1.82, 2.24) is 9.78 Å². The molecule has 1 N–H and O–H groups in total. The highest BCUT2D eigenvalue weighted by Gasteiger charge is 2.15. The first kappa shape index (κ1) is 11.5. The molecule has 15 heavy (non-hydrogen) atoms. The molecule has 0 spiro atoms. The van der Waals surface area contributed by atoms with Crippen molar-refractivity contribution in [3.05, 3.63) is 21.9 Å². The Morgan fingerprint density at radius 1 is 1.80 bits per heavy atom.